The standard InChI is InChI=1S/C15H18BrN3O2/c16-13-3-1-2-12(18-13)15(21)19-8-6-11(7-9-19)17-14(20)10-4-5-10/h1-3,10-11H,4-9H2,(H,17,20). The molecule has 0 unspecified atom stereocenters. The van der Waals surface area contributed by atoms with Crippen LogP contribution < -0.4 is 5.32 Å². The summed E-state index contributed by atoms with van der Waals surface area (Å²) in [4.78, 5) is 30.1. The topological polar surface area (TPSA) is 62.3 Å². The quantitative estimate of drug-likeness (QED) is 0.847. The van der Waals surface area contributed by atoms with E-state index in [1.807, 2.05) is 11.0 Å². The molecule has 1 aromatic heterocycles. The smallest absolute Gasteiger partial charge is 0.272 e. The highest BCUT2D eigenvalue weighted by Gasteiger charge is 2.32. The predicted octanol–water partition coefficient (Wildman–Crippen LogP) is 1.97. The summed E-state index contributed by atoms with van der Waals surface area (Å²) < 4.78 is 0.667. The average Bonchev–Trinajstić information content (AvgIpc) is 3.32. The summed E-state index contributed by atoms with van der Waals surface area (Å²) in [5, 5.41) is 3.09. The number of carbonyl (C=O) groups excluding carboxylic acids is 2. The Morgan fingerprint density at radius 1 is 1.19 bits per heavy atom. The Kier molecular flexibility index (Phi) is 4.24. The minimum absolute atomic E-state index is 0.0386. The first-order valence-corrected chi connectivity index (χ1v) is 8.15. The lowest BCUT2D eigenvalue weighted by atomic mass is 10.0. The third kappa shape index (κ3) is 3.61. The Morgan fingerprint density at radius 3 is 2.52 bits per heavy atom. The molecule has 1 aliphatic heterocycles. The molecule has 1 N–H and O–H groups in total. The molecule has 1 aliphatic carbocycles. The van der Waals surface area contributed by atoms with Gasteiger partial charge in [0.1, 0.15) is 10.3 Å². The molecule has 2 fully saturated rings. The molecule has 0 bridgehead atoms. The van der Waals surface area contributed by atoms with Gasteiger partial charge < -0.3 is 10.2 Å². The molecule has 0 spiro atoms. The van der Waals surface area contributed by atoms with Crippen molar-refractivity contribution in [3.05, 3.63) is 28.5 Å². The van der Waals surface area contributed by atoms with Crippen molar-refractivity contribution < 1.29 is 9.59 Å². The van der Waals surface area contributed by atoms with Gasteiger partial charge in [-0.15, -0.1) is 0 Å². The first-order valence-electron chi connectivity index (χ1n) is 7.35. The predicted molar refractivity (Wildman–Crippen MR) is 81.7 cm³/mol. The van der Waals surface area contributed by atoms with Crippen LogP contribution in [0, 0.1) is 5.92 Å². The zero-order valence-corrected chi connectivity index (χ0v) is 13.3. The molecule has 0 atom stereocenters. The Bertz CT molecular complexity index is 552. The summed E-state index contributed by atoms with van der Waals surface area (Å²) >= 11 is 3.28. The van der Waals surface area contributed by atoms with E-state index < -0.39 is 0 Å². The maximum atomic E-state index is 12.4. The second-order valence-corrected chi connectivity index (χ2v) is 6.51. The highest BCUT2D eigenvalue weighted by Crippen LogP contribution is 2.29. The van der Waals surface area contributed by atoms with Crippen LogP contribution in [-0.2, 0) is 4.79 Å². The lowest BCUT2D eigenvalue weighted by Gasteiger charge is -2.32. The number of piperidine rings is 1. The molecule has 0 aromatic carbocycles. The summed E-state index contributed by atoms with van der Waals surface area (Å²) in [6.45, 7) is 1.34. The van der Waals surface area contributed by atoms with E-state index in [1.54, 1.807) is 12.1 Å². The second kappa shape index (κ2) is 6.13. The number of pyridine rings is 1. The number of aromatic nitrogens is 1. The third-order valence-corrected chi connectivity index (χ3v) is 4.45. The largest absolute Gasteiger partial charge is 0.353 e. The van der Waals surface area contributed by atoms with Gasteiger partial charge in [-0.1, -0.05) is 6.07 Å². The zero-order chi connectivity index (χ0) is 14.8. The lowest BCUT2D eigenvalue weighted by Crippen LogP contribution is -2.47. The number of carbonyl (C=O) groups is 2. The molecular weight excluding hydrogens is 334 g/mol. The molecule has 21 heavy (non-hydrogen) atoms. The lowest BCUT2D eigenvalue weighted by molar-refractivity contribution is -0.123. The number of amides is 2. The van der Waals surface area contributed by atoms with E-state index in [9.17, 15) is 9.59 Å². The monoisotopic (exact) mass is 351 g/mol. The van der Waals surface area contributed by atoms with Crippen molar-refractivity contribution in [1.29, 1.82) is 0 Å². The van der Waals surface area contributed by atoms with Crippen molar-refractivity contribution in [2.24, 2.45) is 5.92 Å². The summed E-state index contributed by atoms with van der Waals surface area (Å²) in [5.74, 6) is 0.396. The van der Waals surface area contributed by atoms with Gasteiger partial charge in [0.15, 0.2) is 0 Å². The van der Waals surface area contributed by atoms with Crippen LogP contribution in [0.1, 0.15) is 36.2 Å². The molecule has 2 aliphatic rings. The van der Waals surface area contributed by atoms with Gasteiger partial charge in [-0.2, -0.15) is 0 Å². The third-order valence-electron chi connectivity index (χ3n) is 4.01. The van der Waals surface area contributed by atoms with E-state index in [-0.39, 0.29) is 23.8 Å². The van der Waals surface area contributed by atoms with E-state index >= 15 is 0 Å². The van der Waals surface area contributed by atoms with E-state index in [0.29, 0.717) is 23.4 Å². The second-order valence-electron chi connectivity index (χ2n) is 5.69. The van der Waals surface area contributed by atoms with Gasteiger partial charge in [-0.3, -0.25) is 9.59 Å². The van der Waals surface area contributed by atoms with Crippen LogP contribution >= 0.6 is 15.9 Å². The minimum atomic E-state index is -0.0386. The first-order chi connectivity index (χ1) is 10.1. The number of likely N-dealkylation sites (tertiary alicyclic amines) is 1. The van der Waals surface area contributed by atoms with Gasteiger partial charge in [0.25, 0.3) is 5.91 Å². The van der Waals surface area contributed by atoms with E-state index in [4.69, 9.17) is 0 Å². The molecule has 5 nitrogen and oxygen atoms in total. The number of hydrogen-bond acceptors (Lipinski definition) is 3. The van der Waals surface area contributed by atoms with Crippen molar-refractivity contribution >= 4 is 27.7 Å². The van der Waals surface area contributed by atoms with Gasteiger partial charge in [0.05, 0.1) is 0 Å². The maximum absolute atomic E-state index is 12.4. The van der Waals surface area contributed by atoms with Crippen molar-refractivity contribution in [3.8, 4) is 0 Å². The highest BCUT2D eigenvalue weighted by molar-refractivity contribution is 9.10. The fourth-order valence-corrected chi connectivity index (χ4v) is 2.92. The van der Waals surface area contributed by atoms with Gasteiger partial charge in [0.2, 0.25) is 5.91 Å². The first kappa shape index (κ1) is 14.5. The molecular formula is C15H18BrN3O2. The summed E-state index contributed by atoms with van der Waals surface area (Å²) in [5.41, 5.74) is 0.463. The fourth-order valence-electron chi connectivity index (χ4n) is 2.58. The molecule has 0 radical (unpaired) electrons. The zero-order valence-electron chi connectivity index (χ0n) is 11.7. The van der Waals surface area contributed by atoms with Crippen molar-refractivity contribution in [2.45, 2.75) is 31.7 Å². The minimum Gasteiger partial charge on any atom is -0.353 e. The van der Waals surface area contributed by atoms with Gasteiger partial charge >= 0.3 is 0 Å². The molecule has 3 rings (SSSR count). The van der Waals surface area contributed by atoms with Crippen molar-refractivity contribution in [1.82, 2.24) is 15.2 Å². The van der Waals surface area contributed by atoms with Crippen molar-refractivity contribution in [3.63, 3.8) is 0 Å². The maximum Gasteiger partial charge on any atom is 0.272 e. The van der Waals surface area contributed by atoms with Crippen LogP contribution in [0.3, 0.4) is 0 Å². The molecule has 1 aromatic rings. The van der Waals surface area contributed by atoms with Crippen molar-refractivity contribution in [2.75, 3.05) is 13.1 Å². The number of nitrogens with one attached hydrogen (secondary N) is 1. The Morgan fingerprint density at radius 2 is 1.90 bits per heavy atom. The van der Waals surface area contributed by atoms with Crippen LogP contribution in [0.2, 0.25) is 0 Å². The Balaban J connectivity index is 1.53. The van der Waals surface area contributed by atoms with Crippen LogP contribution in [0.5, 0.6) is 0 Å². The van der Waals surface area contributed by atoms with Crippen LogP contribution in [0.4, 0.5) is 0 Å². The fraction of sp³-hybridized carbons (Fsp3) is 0.533. The molecule has 2 heterocycles. The van der Waals surface area contributed by atoms with Gasteiger partial charge in [-0.05, 0) is 53.7 Å². The molecule has 1 saturated heterocycles. The molecule has 1 saturated carbocycles. The summed E-state index contributed by atoms with van der Waals surface area (Å²) in [7, 11) is 0. The van der Waals surface area contributed by atoms with Gasteiger partial charge in [-0.25, -0.2) is 4.98 Å². The Labute approximate surface area is 132 Å². The average molecular weight is 352 g/mol. The van der Waals surface area contributed by atoms with E-state index in [1.165, 1.54) is 0 Å². The molecule has 2 amide bonds. The van der Waals surface area contributed by atoms with Crippen LogP contribution in [-0.4, -0.2) is 40.8 Å². The highest BCUT2D eigenvalue weighted by atomic mass is 79.9. The Hall–Kier alpha value is -1.43. The van der Waals surface area contributed by atoms with Gasteiger partial charge in [0, 0.05) is 25.0 Å². The molecule has 112 valence electrons. The van der Waals surface area contributed by atoms with Crippen LogP contribution in [0.15, 0.2) is 22.8 Å². The number of rotatable bonds is 3. The van der Waals surface area contributed by atoms with E-state index in [2.05, 4.69) is 26.2 Å². The SMILES string of the molecule is O=C(NC1CCN(C(=O)c2cccc(Br)n2)CC1)C1CC1. The number of hydrogen-bond donors (Lipinski definition) is 1. The number of halogens is 1. The normalized spacial score (nSPS) is 19.4. The van der Waals surface area contributed by atoms with Crippen LogP contribution in [0.25, 0.3) is 0 Å². The number of nitrogens with zero attached hydrogens (tertiary/aromatic N) is 2. The van der Waals surface area contributed by atoms with E-state index in [0.717, 1.165) is 25.7 Å². The summed E-state index contributed by atoms with van der Waals surface area (Å²) in [6, 6.07) is 5.55. The summed E-state index contributed by atoms with van der Waals surface area (Å²) in [6.07, 6.45) is 3.69. The molecule has 6 heteroatoms.